The van der Waals surface area contributed by atoms with Gasteiger partial charge in [0.1, 0.15) is 19.8 Å². The second kappa shape index (κ2) is 35.6. The van der Waals surface area contributed by atoms with E-state index in [9.17, 15) is 57.5 Å². The minimum absolute atomic E-state index is 0.169. The van der Waals surface area contributed by atoms with Crippen LogP contribution in [0.1, 0.15) is 114 Å². The lowest BCUT2D eigenvalue weighted by Crippen LogP contribution is -2.49. The van der Waals surface area contributed by atoms with Crippen molar-refractivity contribution in [3.8, 4) is 0 Å². The Morgan fingerprint density at radius 1 is 0.247 bits per heavy atom. The molecule has 0 saturated carbocycles. The summed E-state index contributed by atoms with van der Waals surface area (Å²) >= 11 is 0. The lowest BCUT2D eigenvalue weighted by atomic mass is 9.75. The van der Waals surface area contributed by atoms with Gasteiger partial charge in [-0.05, 0) is 68.7 Å². The highest BCUT2D eigenvalue weighted by molar-refractivity contribution is 6.06. The van der Waals surface area contributed by atoms with Crippen LogP contribution in [0.15, 0.2) is 72.9 Å². The van der Waals surface area contributed by atoms with Crippen LogP contribution in [-0.4, -0.2) is 151 Å². The highest BCUT2D eigenvalue weighted by Crippen LogP contribution is 2.42. The van der Waals surface area contributed by atoms with E-state index in [0.29, 0.717) is 0 Å². The topological polar surface area (TPSA) is 316 Å². The van der Waals surface area contributed by atoms with Crippen LogP contribution in [-0.2, 0) is 114 Å². The molecule has 0 bridgehead atoms. The number of ether oxygens (including phenoxy) is 12. The van der Waals surface area contributed by atoms with E-state index in [-0.39, 0.29) is 65.9 Å². The van der Waals surface area contributed by atoms with E-state index >= 15 is 0 Å². The maximum absolute atomic E-state index is 15.0. The smallest absolute Gasteiger partial charge is 0.333 e. The van der Waals surface area contributed by atoms with Crippen LogP contribution in [0.3, 0.4) is 0 Å². The third kappa shape index (κ3) is 20.9. The zero-order valence-electron chi connectivity index (χ0n) is 48.5. The van der Waals surface area contributed by atoms with Gasteiger partial charge in [-0.2, -0.15) is 0 Å². The predicted octanol–water partition coefficient (Wildman–Crippen LogP) is 5.72. The average molecular weight is 1150 g/mol. The zero-order chi connectivity index (χ0) is 62.3. The second-order valence-corrected chi connectivity index (χ2v) is 18.0. The van der Waals surface area contributed by atoms with Gasteiger partial charge in [-0.25, -0.2) is 28.8 Å². The molecular weight excluding hydrogens is 1070 g/mol. The lowest BCUT2D eigenvalue weighted by molar-refractivity contribution is -0.183. The molecule has 0 aromatic rings. The van der Waals surface area contributed by atoms with E-state index in [1.165, 1.54) is 69.2 Å². The molecule has 0 aliphatic heterocycles. The number of carbonyl (C=O) groups excluding carboxylic acids is 12. The molecule has 0 amide bonds. The normalized spacial score (nSPS) is 11.2. The van der Waals surface area contributed by atoms with Gasteiger partial charge in [0.25, 0.3) is 0 Å². The lowest BCUT2D eigenvalue weighted by Gasteiger charge is -2.37. The van der Waals surface area contributed by atoms with Crippen molar-refractivity contribution < 1.29 is 114 Å². The number of carbonyl (C=O) groups is 12. The van der Waals surface area contributed by atoms with Crippen LogP contribution >= 0.6 is 0 Å². The van der Waals surface area contributed by atoms with Crippen molar-refractivity contribution in [1.82, 2.24) is 0 Å². The molecule has 81 heavy (non-hydrogen) atoms. The summed E-state index contributed by atoms with van der Waals surface area (Å²) < 4.78 is 64.2. The van der Waals surface area contributed by atoms with Crippen molar-refractivity contribution in [2.45, 2.75) is 114 Å². The van der Waals surface area contributed by atoms with Gasteiger partial charge in [0, 0.05) is 72.0 Å². The van der Waals surface area contributed by atoms with E-state index in [1.807, 2.05) is 0 Å². The van der Waals surface area contributed by atoms with Crippen molar-refractivity contribution in [3.05, 3.63) is 72.9 Å². The molecular formula is C57H80O24. The van der Waals surface area contributed by atoms with E-state index in [0.717, 1.165) is 0 Å². The average Bonchev–Trinajstić information content (AvgIpc) is 3.44. The summed E-state index contributed by atoms with van der Waals surface area (Å²) in [4.78, 5) is 166. The zero-order valence-corrected chi connectivity index (χ0v) is 48.5. The van der Waals surface area contributed by atoms with Crippen molar-refractivity contribution in [3.63, 3.8) is 0 Å². The Labute approximate surface area is 472 Å². The molecule has 0 atom stereocenters. The molecule has 452 valence electrons. The number of hydrogen-bond donors (Lipinski definition) is 0. The van der Waals surface area contributed by atoms with Gasteiger partial charge < -0.3 is 56.8 Å². The molecule has 0 rings (SSSR count). The fraction of sp³-hybridized carbons (Fsp3) is 0.579. The molecule has 0 spiro atoms. The summed E-state index contributed by atoms with van der Waals surface area (Å²) in [6.07, 6.45) is -5.89. The van der Waals surface area contributed by atoms with Crippen molar-refractivity contribution in [1.29, 1.82) is 0 Å². The van der Waals surface area contributed by atoms with Gasteiger partial charge >= 0.3 is 71.6 Å². The Kier molecular flexibility index (Phi) is 32.2. The fourth-order valence-corrected chi connectivity index (χ4v) is 7.63. The summed E-state index contributed by atoms with van der Waals surface area (Å²) in [5.41, 5.74) is -13.1. The summed E-state index contributed by atoms with van der Waals surface area (Å²) in [6.45, 7) is 31.2. The summed E-state index contributed by atoms with van der Waals surface area (Å²) in [7, 11) is 0. The molecule has 0 aliphatic rings. The van der Waals surface area contributed by atoms with Gasteiger partial charge in [0.05, 0.1) is 64.9 Å². The quantitative estimate of drug-likeness (QED) is 0.0306. The number of esters is 12. The first kappa shape index (κ1) is 73.1. The predicted molar refractivity (Wildman–Crippen MR) is 285 cm³/mol. The molecule has 0 saturated heterocycles. The standard InChI is InChI=1S/C57H80O24/c1-17-54(33-79-51(67)55(48(64)76-24-8,27-36(11)42(58)70-18-2)28-37(12)43(59)71-19-3,34-80-52(68)56(49(65)77-25-9,29-38(13)44(60)72-20-4)30-39(14)45(61)73-21-5)35-81-53(69)57(50(66)78-26-10,31-40(15)46(62)74-22-6)32-41(16)47(63)75-23-7/h11-35H2,1-10H3. The summed E-state index contributed by atoms with van der Waals surface area (Å²) in [5, 5.41) is 0. The number of rotatable bonds is 40. The van der Waals surface area contributed by atoms with E-state index < -0.39 is 185 Å². The molecule has 0 aromatic heterocycles. The Balaban J connectivity index is 8.76. The molecule has 24 nitrogen and oxygen atoms in total. The molecule has 24 heteroatoms. The Morgan fingerprint density at radius 3 is 0.531 bits per heavy atom. The second-order valence-electron chi connectivity index (χ2n) is 18.0. The van der Waals surface area contributed by atoms with Crippen LogP contribution in [0, 0.1) is 21.7 Å². The molecule has 0 aromatic carbocycles. The highest BCUT2D eigenvalue weighted by atomic mass is 16.6. The first-order chi connectivity index (χ1) is 38.1. The van der Waals surface area contributed by atoms with Crippen LogP contribution in [0.4, 0.5) is 0 Å². The Hall–Kier alpha value is -7.92. The SMILES string of the molecule is C=C(CC(CC(=C)C(=O)OCC)(C(=O)OCC)C(=O)OCC(CC)(COC(=O)C(CC(=C)C(=O)OCC)(CC(=C)C(=O)OCC)C(=O)OCC)COC(=O)C(CC(=C)C(=O)OCC)(CC(=C)C(=O)OCC)C(=O)OCC)C(=O)OCC. The third-order valence-electron chi connectivity index (χ3n) is 11.9. The number of hydrogen-bond acceptors (Lipinski definition) is 24. The monoisotopic (exact) mass is 1150 g/mol. The molecule has 0 radical (unpaired) electrons. The Morgan fingerprint density at radius 2 is 0.395 bits per heavy atom. The van der Waals surface area contributed by atoms with Crippen molar-refractivity contribution in [2.75, 3.05) is 79.3 Å². The van der Waals surface area contributed by atoms with E-state index in [2.05, 4.69) is 39.5 Å². The van der Waals surface area contributed by atoms with E-state index in [1.54, 1.807) is 0 Å². The molecule has 0 unspecified atom stereocenters. The van der Waals surface area contributed by atoms with Gasteiger partial charge in [-0.3, -0.25) is 28.8 Å². The maximum Gasteiger partial charge on any atom is 0.333 e. The minimum atomic E-state index is -2.70. The van der Waals surface area contributed by atoms with Crippen LogP contribution in [0.5, 0.6) is 0 Å². The van der Waals surface area contributed by atoms with Crippen LogP contribution in [0.2, 0.25) is 0 Å². The fourth-order valence-electron chi connectivity index (χ4n) is 7.63. The minimum Gasteiger partial charge on any atom is -0.465 e. The molecule has 0 fully saturated rings. The van der Waals surface area contributed by atoms with Crippen LogP contribution < -0.4 is 0 Å². The van der Waals surface area contributed by atoms with Gasteiger partial charge in [-0.1, -0.05) is 46.4 Å². The highest BCUT2D eigenvalue weighted by Gasteiger charge is 2.56. The first-order valence-corrected chi connectivity index (χ1v) is 26.2. The van der Waals surface area contributed by atoms with Crippen LogP contribution in [0.25, 0.3) is 0 Å². The van der Waals surface area contributed by atoms with Crippen molar-refractivity contribution >= 4 is 71.6 Å². The van der Waals surface area contributed by atoms with E-state index in [4.69, 9.17) is 56.8 Å². The first-order valence-electron chi connectivity index (χ1n) is 26.2. The maximum atomic E-state index is 15.0. The van der Waals surface area contributed by atoms with Gasteiger partial charge in [0.15, 0.2) is 16.2 Å². The molecule has 0 heterocycles. The summed E-state index contributed by atoms with van der Waals surface area (Å²) in [6, 6.07) is 0. The molecule has 0 N–H and O–H groups in total. The van der Waals surface area contributed by atoms with Crippen molar-refractivity contribution in [2.24, 2.45) is 21.7 Å². The van der Waals surface area contributed by atoms with Gasteiger partial charge in [0.2, 0.25) is 0 Å². The largest absolute Gasteiger partial charge is 0.465 e. The molecule has 0 aliphatic carbocycles. The Bertz CT molecular complexity index is 2040. The summed E-state index contributed by atoms with van der Waals surface area (Å²) in [5.74, 6) is -15.0. The third-order valence-corrected chi connectivity index (χ3v) is 11.9. The van der Waals surface area contributed by atoms with Gasteiger partial charge in [-0.15, -0.1) is 0 Å².